The molecule has 2 heterocycles. The Kier molecular flexibility index (Phi) is 4.71. The molecule has 0 aliphatic rings. The quantitative estimate of drug-likeness (QED) is 0.657. The van der Waals surface area contributed by atoms with E-state index in [4.69, 9.17) is 9.84 Å². The molecule has 0 bridgehead atoms. The maximum atomic E-state index is 12.4. The van der Waals surface area contributed by atoms with Gasteiger partial charge in [-0.3, -0.25) is 14.3 Å². The van der Waals surface area contributed by atoms with E-state index in [1.807, 2.05) is 6.92 Å². The molecule has 2 N–H and O–H groups in total. The molecule has 0 aliphatic heterocycles. The van der Waals surface area contributed by atoms with Gasteiger partial charge in [0.2, 0.25) is 0 Å². The van der Waals surface area contributed by atoms with E-state index in [9.17, 15) is 14.4 Å². The van der Waals surface area contributed by atoms with Crippen LogP contribution in [0.15, 0.2) is 39.9 Å². The third kappa shape index (κ3) is 3.63. The first-order valence-electron chi connectivity index (χ1n) is 7.65. The molecule has 1 aromatic carbocycles. The molecule has 3 rings (SSSR count). The summed E-state index contributed by atoms with van der Waals surface area (Å²) in [5, 5.41) is 9.36. The van der Waals surface area contributed by atoms with E-state index >= 15 is 0 Å². The van der Waals surface area contributed by atoms with Crippen LogP contribution in [-0.4, -0.2) is 27.2 Å². The van der Waals surface area contributed by atoms with Crippen molar-refractivity contribution in [2.75, 3.05) is 6.61 Å². The predicted octanol–water partition coefficient (Wildman–Crippen LogP) is 2.23. The van der Waals surface area contributed by atoms with Crippen LogP contribution in [-0.2, 0) is 6.54 Å². The van der Waals surface area contributed by atoms with E-state index in [2.05, 4.69) is 4.98 Å². The van der Waals surface area contributed by atoms with Crippen LogP contribution < -0.4 is 16.0 Å². The average Bonchev–Trinajstić information content (AvgIpc) is 2.95. The Labute approximate surface area is 146 Å². The zero-order chi connectivity index (χ0) is 18.0. The number of aromatic amines is 1. The highest BCUT2D eigenvalue weighted by atomic mass is 32.1. The first-order valence-corrected chi connectivity index (χ1v) is 8.47. The Morgan fingerprint density at radius 1 is 1.28 bits per heavy atom. The van der Waals surface area contributed by atoms with Crippen LogP contribution in [0.25, 0.3) is 10.2 Å². The van der Waals surface area contributed by atoms with Gasteiger partial charge < -0.3 is 9.84 Å². The van der Waals surface area contributed by atoms with Gasteiger partial charge in [0.15, 0.2) is 0 Å². The fraction of sp³-hybridized carbons (Fsp3) is 0.235. The molecule has 0 spiro atoms. The largest absolute Gasteiger partial charge is 0.494 e. The molecule has 0 radical (unpaired) electrons. The molecule has 8 heteroatoms. The van der Waals surface area contributed by atoms with Crippen molar-refractivity contribution in [1.82, 2.24) is 9.55 Å². The number of carboxylic acid groups (broad SMARTS) is 1. The monoisotopic (exact) mass is 360 g/mol. The first-order chi connectivity index (χ1) is 12.0. The number of rotatable bonds is 6. The SMILES string of the molecule is Cc1cc2c(=O)n(CCCOc3ccc(C(=O)O)cc3)c(=O)[nH]c2s1. The van der Waals surface area contributed by atoms with Gasteiger partial charge in [-0.05, 0) is 43.7 Å². The number of benzene rings is 1. The second kappa shape index (κ2) is 6.94. The third-order valence-corrected chi connectivity index (χ3v) is 4.66. The summed E-state index contributed by atoms with van der Waals surface area (Å²) in [5.74, 6) is -0.459. The van der Waals surface area contributed by atoms with E-state index in [1.165, 1.54) is 28.0 Å². The van der Waals surface area contributed by atoms with Gasteiger partial charge >= 0.3 is 11.7 Å². The minimum Gasteiger partial charge on any atom is -0.494 e. The Morgan fingerprint density at radius 2 is 2.00 bits per heavy atom. The second-order valence-corrected chi connectivity index (χ2v) is 6.77. The maximum Gasteiger partial charge on any atom is 0.335 e. The van der Waals surface area contributed by atoms with E-state index in [0.29, 0.717) is 29.0 Å². The van der Waals surface area contributed by atoms with Crippen LogP contribution in [0.2, 0.25) is 0 Å². The second-order valence-electron chi connectivity index (χ2n) is 5.52. The number of H-pyrrole nitrogens is 1. The van der Waals surface area contributed by atoms with Crippen molar-refractivity contribution < 1.29 is 14.6 Å². The minimum absolute atomic E-state index is 0.185. The Hall–Kier alpha value is -2.87. The lowest BCUT2D eigenvalue weighted by Gasteiger charge is -2.07. The number of aromatic nitrogens is 2. The molecule has 0 unspecified atom stereocenters. The first kappa shape index (κ1) is 17.0. The van der Waals surface area contributed by atoms with Gasteiger partial charge in [-0.2, -0.15) is 0 Å². The zero-order valence-electron chi connectivity index (χ0n) is 13.4. The molecular formula is C17H16N2O5S. The third-order valence-electron chi connectivity index (χ3n) is 3.69. The van der Waals surface area contributed by atoms with Crippen molar-refractivity contribution >= 4 is 27.5 Å². The fourth-order valence-corrected chi connectivity index (χ4v) is 3.37. The molecule has 25 heavy (non-hydrogen) atoms. The average molecular weight is 360 g/mol. The predicted molar refractivity (Wildman–Crippen MR) is 95.0 cm³/mol. The molecule has 0 amide bonds. The van der Waals surface area contributed by atoms with Gasteiger partial charge in [0, 0.05) is 11.4 Å². The maximum absolute atomic E-state index is 12.4. The number of nitrogens with one attached hydrogen (secondary N) is 1. The topological polar surface area (TPSA) is 101 Å². The number of aromatic carboxylic acids is 1. The van der Waals surface area contributed by atoms with Crippen molar-refractivity contribution in [1.29, 1.82) is 0 Å². The van der Waals surface area contributed by atoms with Crippen molar-refractivity contribution in [2.24, 2.45) is 0 Å². The van der Waals surface area contributed by atoms with Crippen molar-refractivity contribution in [3.63, 3.8) is 0 Å². The number of aryl methyl sites for hydroxylation is 1. The summed E-state index contributed by atoms with van der Waals surface area (Å²) in [4.78, 5) is 39.5. The van der Waals surface area contributed by atoms with Crippen LogP contribution in [0.3, 0.4) is 0 Å². The molecule has 0 atom stereocenters. The highest BCUT2D eigenvalue weighted by Gasteiger charge is 2.10. The summed E-state index contributed by atoms with van der Waals surface area (Å²) >= 11 is 1.38. The van der Waals surface area contributed by atoms with Gasteiger partial charge in [-0.15, -0.1) is 11.3 Å². The lowest BCUT2D eigenvalue weighted by atomic mass is 10.2. The molecular weight excluding hydrogens is 344 g/mol. The van der Waals surface area contributed by atoms with Gasteiger partial charge in [0.25, 0.3) is 5.56 Å². The molecule has 0 aliphatic carbocycles. The van der Waals surface area contributed by atoms with Crippen molar-refractivity contribution in [3.05, 3.63) is 61.6 Å². The summed E-state index contributed by atoms with van der Waals surface area (Å²) < 4.78 is 6.69. The molecule has 0 saturated carbocycles. The summed E-state index contributed by atoms with van der Waals surface area (Å²) in [6.45, 7) is 2.43. The zero-order valence-corrected chi connectivity index (χ0v) is 14.3. The van der Waals surface area contributed by atoms with Gasteiger partial charge in [-0.25, -0.2) is 9.59 Å². The number of nitrogens with zero attached hydrogens (tertiary/aromatic N) is 1. The van der Waals surface area contributed by atoms with Crippen LogP contribution in [0.1, 0.15) is 21.7 Å². The Morgan fingerprint density at radius 3 is 2.68 bits per heavy atom. The van der Waals surface area contributed by atoms with Crippen molar-refractivity contribution in [3.8, 4) is 5.75 Å². The summed E-state index contributed by atoms with van der Waals surface area (Å²) in [6, 6.07) is 7.83. The van der Waals surface area contributed by atoms with Gasteiger partial charge in [-0.1, -0.05) is 0 Å². The van der Waals surface area contributed by atoms with E-state index in [-0.39, 0.29) is 17.7 Å². The number of thiophene rings is 1. The Balaban J connectivity index is 1.64. The molecule has 0 saturated heterocycles. The van der Waals surface area contributed by atoms with Crippen LogP contribution in [0.5, 0.6) is 5.75 Å². The molecule has 0 fully saturated rings. The number of carboxylic acids is 1. The number of ether oxygens (including phenoxy) is 1. The molecule has 130 valence electrons. The summed E-state index contributed by atoms with van der Waals surface area (Å²) in [5.41, 5.74) is -0.538. The number of fused-ring (bicyclic) bond motifs is 1. The fourth-order valence-electron chi connectivity index (χ4n) is 2.48. The lowest BCUT2D eigenvalue weighted by Crippen LogP contribution is -2.35. The Bertz CT molecular complexity index is 1030. The number of hydrogen-bond acceptors (Lipinski definition) is 5. The van der Waals surface area contributed by atoms with Crippen molar-refractivity contribution in [2.45, 2.75) is 19.9 Å². The van der Waals surface area contributed by atoms with Gasteiger partial charge in [0.1, 0.15) is 10.6 Å². The smallest absolute Gasteiger partial charge is 0.335 e. The van der Waals surface area contributed by atoms with E-state index < -0.39 is 11.7 Å². The number of carbonyl (C=O) groups is 1. The molecule has 3 aromatic rings. The standard InChI is InChI=1S/C17H16N2O5S/c1-10-9-13-14(25-10)18-17(23)19(15(13)20)7-2-8-24-12-5-3-11(4-6-12)16(21)22/h3-6,9H,2,7-8H2,1H3,(H,18,23)(H,21,22). The number of hydrogen-bond donors (Lipinski definition) is 2. The lowest BCUT2D eigenvalue weighted by molar-refractivity contribution is 0.0697. The minimum atomic E-state index is -0.996. The van der Waals surface area contributed by atoms with Crippen LogP contribution in [0.4, 0.5) is 0 Å². The highest BCUT2D eigenvalue weighted by molar-refractivity contribution is 7.18. The van der Waals surface area contributed by atoms with E-state index in [0.717, 1.165) is 4.88 Å². The highest BCUT2D eigenvalue weighted by Crippen LogP contribution is 2.18. The van der Waals surface area contributed by atoms with Crippen LogP contribution >= 0.6 is 11.3 Å². The normalized spacial score (nSPS) is 10.9. The summed E-state index contributed by atoms with van der Waals surface area (Å²) in [7, 11) is 0. The summed E-state index contributed by atoms with van der Waals surface area (Å²) in [6.07, 6.45) is 0.471. The molecule has 2 aromatic heterocycles. The molecule has 7 nitrogen and oxygen atoms in total. The van der Waals surface area contributed by atoms with Crippen LogP contribution in [0, 0.1) is 6.92 Å². The van der Waals surface area contributed by atoms with Gasteiger partial charge in [0.05, 0.1) is 17.6 Å². The van der Waals surface area contributed by atoms with E-state index in [1.54, 1.807) is 18.2 Å².